The summed E-state index contributed by atoms with van der Waals surface area (Å²) in [7, 11) is 0. The number of fused-ring (bicyclic) bond motifs is 1. The molecular weight excluding hydrogens is 456 g/mol. The van der Waals surface area contributed by atoms with Crippen molar-refractivity contribution in [1.82, 2.24) is 20.3 Å². The van der Waals surface area contributed by atoms with Crippen molar-refractivity contribution >= 4 is 28.6 Å². The van der Waals surface area contributed by atoms with Crippen molar-refractivity contribution in [2.24, 2.45) is 0 Å². The lowest BCUT2D eigenvalue weighted by Crippen LogP contribution is -2.40. The third-order valence-electron chi connectivity index (χ3n) is 5.67. The number of benzene rings is 1. The van der Waals surface area contributed by atoms with Crippen molar-refractivity contribution in [2.45, 2.75) is 38.5 Å². The summed E-state index contributed by atoms with van der Waals surface area (Å²) in [6.45, 7) is 3.32. The van der Waals surface area contributed by atoms with Gasteiger partial charge in [0.15, 0.2) is 0 Å². The topological polar surface area (TPSA) is 103 Å². The van der Waals surface area contributed by atoms with Gasteiger partial charge < -0.3 is 20.6 Å². The fraction of sp³-hybridized carbons (Fsp3) is 0.364. The van der Waals surface area contributed by atoms with Crippen LogP contribution in [-0.4, -0.2) is 51.5 Å². The average molecular weight is 478 g/mol. The van der Waals surface area contributed by atoms with Crippen molar-refractivity contribution in [2.75, 3.05) is 23.3 Å². The predicted octanol–water partition coefficient (Wildman–Crippen LogP) is 4.38. The summed E-state index contributed by atoms with van der Waals surface area (Å²) in [6, 6.07) is 3.85. The van der Waals surface area contributed by atoms with Crippen molar-refractivity contribution < 1.29 is 27.5 Å². The van der Waals surface area contributed by atoms with Crippen LogP contribution in [0.5, 0.6) is 0 Å². The number of alkyl halides is 3. The number of rotatable bonds is 6. The zero-order valence-electron chi connectivity index (χ0n) is 18.3. The molecule has 1 amide bonds. The lowest BCUT2D eigenvalue weighted by molar-refractivity contribution is 0.146. The minimum absolute atomic E-state index is 0.0545. The SMILES string of the molecule is Cc1nc(NC(C)c2cccc(C(F)F)c2F)c2cc(N3CC(F)C(NC(=O)O)C3)ncc2n1. The Kier molecular flexibility index (Phi) is 6.40. The molecule has 0 saturated carbocycles. The van der Waals surface area contributed by atoms with Gasteiger partial charge in [0.25, 0.3) is 6.43 Å². The molecular formula is C22H22F4N6O2. The average Bonchev–Trinajstić information content (AvgIpc) is 3.12. The zero-order chi connectivity index (χ0) is 24.6. The van der Waals surface area contributed by atoms with Crippen molar-refractivity contribution in [3.8, 4) is 0 Å². The molecule has 1 saturated heterocycles. The molecule has 34 heavy (non-hydrogen) atoms. The predicted molar refractivity (Wildman–Crippen MR) is 118 cm³/mol. The van der Waals surface area contributed by atoms with E-state index in [-0.39, 0.29) is 18.7 Å². The van der Waals surface area contributed by atoms with Crippen LogP contribution in [0.15, 0.2) is 30.5 Å². The number of hydrogen-bond acceptors (Lipinski definition) is 6. The molecule has 180 valence electrons. The summed E-state index contributed by atoms with van der Waals surface area (Å²) in [5.74, 6) is 0.141. The maximum absolute atomic E-state index is 14.6. The van der Waals surface area contributed by atoms with Crippen LogP contribution in [-0.2, 0) is 0 Å². The largest absolute Gasteiger partial charge is 0.465 e. The quantitative estimate of drug-likeness (QED) is 0.452. The molecule has 3 atom stereocenters. The zero-order valence-corrected chi connectivity index (χ0v) is 18.3. The number of aryl methyl sites for hydroxylation is 1. The summed E-state index contributed by atoms with van der Waals surface area (Å²) < 4.78 is 55.2. The second kappa shape index (κ2) is 9.27. The first-order chi connectivity index (χ1) is 16.1. The number of carbonyl (C=O) groups is 1. The normalized spacial score (nSPS) is 19.0. The number of nitrogens with zero attached hydrogens (tertiary/aromatic N) is 4. The van der Waals surface area contributed by atoms with E-state index in [0.717, 1.165) is 6.07 Å². The number of pyridine rings is 1. The molecule has 8 nitrogen and oxygen atoms in total. The highest BCUT2D eigenvalue weighted by Gasteiger charge is 2.35. The molecule has 4 rings (SSSR count). The molecule has 3 unspecified atom stereocenters. The van der Waals surface area contributed by atoms with Gasteiger partial charge in [0.1, 0.15) is 29.4 Å². The Morgan fingerprint density at radius 2 is 1.97 bits per heavy atom. The standard InChI is InChI=1S/C22H22F4N6O2/c1-10(12-4-3-5-13(19(12)24)20(25)26)28-21-14-6-18(27-7-16(14)29-11(2)30-21)32-8-15(23)17(9-32)31-22(33)34/h3-7,10,15,17,20,31H,8-9H2,1-2H3,(H,33,34)(H,28,29,30). The van der Waals surface area contributed by atoms with E-state index in [1.165, 1.54) is 18.3 Å². The molecule has 2 aromatic heterocycles. The van der Waals surface area contributed by atoms with Crippen LogP contribution in [0.3, 0.4) is 0 Å². The number of amides is 1. The number of halogens is 4. The van der Waals surface area contributed by atoms with Crippen LogP contribution in [0.25, 0.3) is 10.9 Å². The van der Waals surface area contributed by atoms with Crippen molar-refractivity contribution in [3.05, 3.63) is 53.2 Å². The molecule has 0 aliphatic carbocycles. The Morgan fingerprint density at radius 1 is 1.24 bits per heavy atom. The highest BCUT2D eigenvalue weighted by atomic mass is 19.3. The smallest absolute Gasteiger partial charge is 0.405 e. The fourth-order valence-electron chi connectivity index (χ4n) is 4.02. The van der Waals surface area contributed by atoms with E-state index in [0.29, 0.717) is 28.4 Å². The Morgan fingerprint density at radius 3 is 2.68 bits per heavy atom. The molecule has 1 aromatic carbocycles. The highest BCUT2D eigenvalue weighted by molar-refractivity contribution is 5.90. The van der Waals surface area contributed by atoms with Gasteiger partial charge in [0.05, 0.1) is 35.9 Å². The second-order valence-corrected chi connectivity index (χ2v) is 8.07. The molecule has 3 aromatic rings. The van der Waals surface area contributed by atoms with Gasteiger partial charge in [0.2, 0.25) is 0 Å². The van der Waals surface area contributed by atoms with Crippen LogP contribution in [0.2, 0.25) is 0 Å². The van der Waals surface area contributed by atoms with Crippen molar-refractivity contribution in [3.63, 3.8) is 0 Å². The molecule has 12 heteroatoms. The summed E-state index contributed by atoms with van der Waals surface area (Å²) in [5, 5.41) is 14.6. The summed E-state index contributed by atoms with van der Waals surface area (Å²) >= 11 is 0. The Bertz CT molecular complexity index is 1230. The van der Waals surface area contributed by atoms with E-state index in [1.54, 1.807) is 24.8 Å². The van der Waals surface area contributed by atoms with Gasteiger partial charge in [-0.15, -0.1) is 0 Å². The minimum atomic E-state index is -2.94. The highest BCUT2D eigenvalue weighted by Crippen LogP contribution is 2.31. The van der Waals surface area contributed by atoms with Crippen LogP contribution in [0, 0.1) is 12.7 Å². The Balaban J connectivity index is 1.66. The summed E-state index contributed by atoms with van der Waals surface area (Å²) in [5.41, 5.74) is -0.149. The monoisotopic (exact) mass is 478 g/mol. The summed E-state index contributed by atoms with van der Waals surface area (Å²) in [4.78, 5) is 25.5. The van der Waals surface area contributed by atoms with E-state index in [1.807, 2.05) is 0 Å². The number of aromatic nitrogens is 3. The van der Waals surface area contributed by atoms with E-state index in [4.69, 9.17) is 5.11 Å². The van der Waals surface area contributed by atoms with Gasteiger partial charge in [-0.1, -0.05) is 18.2 Å². The molecule has 0 bridgehead atoms. The maximum Gasteiger partial charge on any atom is 0.405 e. The molecule has 1 aliphatic heterocycles. The van der Waals surface area contributed by atoms with Crippen LogP contribution >= 0.6 is 0 Å². The van der Waals surface area contributed by atoms with Crippen LogP contribution < -0.4 is 15.5 Å². The number of carboxylic acid groups (broad SMARTS) is 1. The Labute approximate surface area is 192 Å². The van der Waals surface area contributed by atoms with E-state index in [2.05, 4.69) is 25.6 Å². The van der Waals surface area contributed by atoms with Gasteiger partial charge in [-0.05, 0) is 19.9 Å². The number of anilines is 2. The molecule has 3 N–H and O–H groups in total. The summed E-state index contributed by atoms with van der Waals surface area (Å²) in [6.07, 6.45) is -4.18. The molecule has 3 heterocycles. The second-order valence-electron chi connectivity index (χ2n) is 8.07. The molecule has 0 spiro atoms. The number of nitrogens with one attached hydrogen (secondary N) is 2. The van der Waals surface area contributed by atoms with E-state index >= 15 is 0 Å². The Hall–Kier alpha value is -3.70. The molecule has 0 radical (unpaired) electrons. The van der Waals surface area contributed by atoms with Crippen molar-refractivity contribution in [1.29, 1.82) is 0 Å². The first kappa shape index (κ1) is 23.5. The van der Waals surface area contributed by atoms with Gasteiger partial charge in [0, 0.05) is 17.5 Å². The van der Waals surface area contributed by atoms with Gasteiger partial charge in [-0.25, -0.2) is 37.3 Å². The van der Waals surface area contributed by atoms with Crippen LogP contribution in [0.1, 0.15) is 36.3 Å². The van der Waals surface area contributed by atoms with Gasteiger partial charge >= 0.3 is 6.09 Å². The third kappa shape index (κ3) is 4.66. The molecule has 1 aliphatic rings. The first-order valence-electron chi connectivity index (χ1n) is 10.5. The fourth-order valence-corrected chi connectivity index (χ4v) is 4.02. The van der Waals surface area contributed by atoms with Gasteiger partial charge in [-0.3, -0.25) is 0 Å². The lowest BCUT2D eigenvalue weighted by atomic mass is 10.0. The van der Waals surface area contributed by atoms with Crippen LogP contribution in [0.4, 0.5) is 34.0 Å². The minimum Gasteiger partial charge on any atom is -0.465 e. The third-order valence-corrected chi connectivity index (χ3v) is 5.67. The lowest BCUT2D eigenvalue weighted by Gasteiger charge is -2.20. The molecule has 1 fully saturated rings. The van der Waals surface area contributed by atoms with E-state index in [9.17, 15) is 22.4 Å². The van der Waals surface area contributed by atoms with E-state index < -0.39 is 42.2 Å². The maximum atomic E-state index is 14.6. The number of hydrogen-bond donors (Lipinski definition) is 3. The van der Waals surface area contributed by atoms with Gasteiger partial charge in [-0.2, -0.15) is 0 Å². The first-order valence-corrected chi connectivity index (χ1v) is 10.5.